The third kappa shape index (κ3) is 3.32. The van der Waals surface area contributed by atoms with E-state index in [0.717, 1.165) is 38.3 Å². The highest BCUT2D eigenvalue weighted by molar-refractivity contribution is 5.34. The fraction of sp³-hybridized carbons (Fsp3) is 0.625. The fourth-order valence-electron chi connectivity index (χ4n) is 2.92. The Hall–Kier alpha value is -1.10. The normalized spacial score (nSPS) is 20.6. The van der Waals surface area contributed by atoms with Gasteiger partial charge in [-0.25, -0.2) is 0 Å². The first-order valence-corrected chi connectivity index (χ1v) is 7.34. The zero-order valence-corrected chi connectivity index (χ0v) is 12.9. The third-order valence-electron chi connectivity index (χ3n) is 4.47. The Balaban J connectivity index is 2.14. The zero-order valence-electron chi connectivity index (χ0n) is 12.9. The largest absolute Gasteiger partial charge is 0.496 e. The van der Waals surface area contributed by atoms with Crippen molar-refractivity contribution in [3.63, 3.8) is 0 Å². The summed E-state index contributed by atoms with van der Waals surface area (Å²) in [5, 5.41) is 0. The molecule has 1 aromatic rings. The molecule has 4 nitrogen and oxygen atoms in total. The van der Waals surface area contributed by atoms with Crippen molar-refractivity contribution in [1.82, 2.24) is 9.80 Å². The predicted octanol–water partition coefficient (Wildman–Crippen LogP) is 1.20. The topological polar surface area (TPSA) is 41.7 Å². The molecule has 2 N–H and O–H groups in total. The number of methoxy groups -OCH3 is 1. The van der Waals surface area contributed by atoms with Crippen LogP contribution in [0.4, 0.5) is 0 Å². The highest BCUT2D eigenvalue weighted by Gasteiger charge is 2.33. The van der Waals surface area contributed by atoms with Crippen LogP contribution in [0.3, 0.4) is 0 Å². The second kappa shape index (κ2) is 6.57. The Kier molecular flexibility index (Phi) is 5.02. The van der Waals surface area contributed by atoms with E-state index in [9.17, 15) is 0 Å². The van der Waals surface area contributed by atoms with Crippen molar-refractivity contribution in [1.29, 1.82) is 0 Å². The maximum absolute atomic E-state index is 6.12. The van der Waals surface area contributed by atoms with Gasteiger partial charge in [0.15, 0.2) is 0 Å². The summed E-state index contributed by atoms with van der Waals surface area (Å²) in [6, 6.07) is 8.25. The molecule has 112 valence electrons. The van der Waals surface area contributed by atoms with Crippen LogP contribution in [0.5, 0.6) is 5.75 Å². The van der Waals surface area contributed by atoms with Crippen molar-refractivity contribution in [3.8, 4) is 5.75 Å². The van der Waals surface area contributed by atoms with Crippen molar-refractivity contribution in [2.75, 3.05) is 46.9 Å². The van der Waals surface area contributed by atoms with E-state index in [2.05, 4.69) is 35.9 Å². The van der Waals surface area contributed by atoms with Crippen LogP contribution in [0.2, 0.25) is 0 Å². The van der Waals surface area contributed by atoms with Gasteiger partial charge in [-0.05, 0) is 32.0 Å². The van der Waals surface area contributed by atoms with Gasteiger partial charge in [0.05, 0.1) is 7.11 Å². The molecule has 0 saturated carbocycles. The number of nitrogens with two attached hydrogens (primary N) is 1. The number of ether oxygens (including phenoxy) is 1. The van der Waals surface area contributed by atoms with E-state index in [0.29, 0.717) is 6.54 Å². The van der Waals surface area contributed by atoms with Crippen LogP contribution in [0.25, 0.3) is 0 Å². The number of nitrogens with zero attached hydrogens (tertiary/aromatic N) is 2. The molecule has 4 heteroatoms. The molecule has 1 fully saturated rings. The maximum Gasteiger partial charge on any atom is 0.122 e. The van der Waals surface area contributed by atoms with E-state index in [1.165, 1.54) is 5.56 Å². The van der Waals surface area contributed by atoms with Gasteiger partial charge in [0, 0.05) is 38.3 Å². The molecule has 1 atom stereocenters. The molecule has 1 aliphatic heterocycles. The summed E-state index contributed by atoms with van der Waals surface area (Å²) in [5.41, 5.74) is 7.35. The Labute approximate surface area is 122 Å². The fourth-order valence-corrected chi connectivity index (χ4v) is 2.92. The molecule has 0 bridgehead atoms. The van der Waals surface area contributed by atoms with Crippen LogP contribution in [-0.4, -0.2) is 62.2 Å². The highest BCUT2D eigenvalue weighted by atomic mass is 16.5. The van der Waals surface area contributed by atoms with Gasteiger partial charge in [-0.2, -0.15) is 0 Å². The number of likely N-dealkylation sites (N-methyl/N-ethyl adjacent to an activating group) is 1. The molecular formula is C16H27N3O. The lowest BCUT2D eigenvalue weighted by atomic mass is 9.89. The lowest BCUT2D eigenvalue weighted by Crippen LogP contribution is -2.59. The number of hydrogen-bond donors (Lipinski definition) is 1. The first-order valence-electron chi connectivity index (χ1n) is 7.34. The van der Waals surface area contributed by atoms with E-state index in [-0.39, 0.29) is 5.54 Å². The van der Waals surface area contributed by atoms with Crippen molar-refractivity contribution in [3.05, 3.63) is 29.8 Å². The number of rotatable bonds is 5. The molecule has 1 aromatic carbocycles. The number of para-hydroxylation sites is 1. The summed E-state index contributed by atoms with van der Waals surface area (Å²) in [7, 11) is 3.91. The predicted molar refractivity (Wildman–Crippen MR) is 83.2 cm³/mol. The van der Waals surface area contributed by atoms with Crippen LogP contribution in [0.1, 0.15) is 12.5 Å². The van der Waals surface area contributed by atoms with Crippen molar-refractivity contribution in [2.45, 2.75) is 18.9 Å². The van der Waals surface area contributed by atoms with Crippen LogP contribution in [0.15, 0.2) is 24.3 Å². The van der Waals surface area contributed by atoms with Gasteiger partial charge < -0.3 is 15.4 Å². The quantitative estimate of drug-likeness (QED) is 0.878. The van der Waals surface area contributed by atoms with Crippen LogP contribution in [0, 0.1) is 0 Å². The number of piperazine rings is 1. The first kappa shape index (κ1) is 15.3. The average molecular weight is 277 g/mol. The van der Waals surface area contributed by atoms with Crippen molar-refractivity contribution in [2.24, 2.45) is 5.73 Å². The van der Waals surface area contributed by atoms with Gasteiger partial charge in [-0.1, -0.05) is 18.2 Å². The van der Waals surface area contributed by atoms with Gasteiger partial charge in [0.25, 0.3) is 0 Å². The van der Waals surface area contributed by atoms with Gasteiger partial charge in [-0.15, -0.1) is 0 Å². The molecular weight excluding hydrogens is 250 g/mol. The molecule has 20 heavy (non-hydrogen) atoms. The van der Waals surface area contributed by atoms with Crippen LogP contribution >= 0.6 is 0 Å². The summed E-state index contributed by atoms with van der Waals surface area (Å²) in [5.74, 6) is 0.960. The van der Waals surface area contributed by atoms with Crippen molar-refractivity contribution >= 4 is 0 Å². The Morgan fingerprint density at radius 3 is 2.45 bits per heavy atom. The molecule has 0 aromatic heterocycles. The Morgan fingerprint density at radius 2 is 1.85 bits per heavy atom. The van der Waals surface area contributed by atoms with E-state index >= 15 is 0 Å². The minimum atomic E-state index is -0.00407. The summed E-state index contributed by atoms with van der Waals surface area (Å²) in [6.07, 6.45) is 0.928. The molecule has 2 rings (SSSR count). The molecule has 0 aliphatic carbocycles. The first-order chi connectivity index (χ1) is 9.59. The third-order valence-corrected chi connectivity index (χ3v) is 4.47. The number of benzene rings is 1. The van der Waals surface area contributed by atoms with Gasteiger partial charge in [0.1, 0.15) is 5.75 Å². The molecule has 1 aliphatic rings. The molecule has 1 unspecified atom stereocenters. The summed E-state index contributed by atoms with van der Waals surface area (Å²) in [4.78, 5) is 4.90. The molecule has 0 amide bonds. The second-order valence-electron chi connectivity index (χ2n) is 5.98. The van der Waals surface area contributed by atoms with Crippen LogP contribution in [-0.2, 0) is 6.42 Å². The van der Waals surface area contributed by atoms with Crippen LogP contribution < -0.4 is 10.5 Å². The smallest absolute Gasteiger partial charge is 0.122 e. The van der Waals surface area contributed by atoms with Gasteiger partial charge >= 0.3 is 0 Å². The van der Waals surface area contributed by atoms with Crippen molar-refractivity contribution < 1.29 is 4.74 Å². The second-order valence-corrected chi connectivity index (χ2v) is 5.98. The van der Waals surface area contributed by atoms with Gasteiger partial charge in [0.2, 0.25) is 0 Å². The Bertz CT molecular complexity index is 429. The molecule has 0 spiro atoms. The minimum absolute atomic E-state index is 0.00407. The standard InChI is InChI=1S/C16H27N3O/c1-16(13-17,19-10-8-18(2)9-11-19)12-14-6-4-5-7-15(14)20-3/h4-7H,8-13,17H2,1-3H3. The SMILES string of the molecule is COc1ccccc1CC(C)(CN)N1CCN(C)CC1. The maximum atomic E-state index is 6.12. The van der Waals surface area contributed by atoms with E-state index < -0.39 is 0 Å². The highest BCUT2D eigenvalue weighted by Crippen LogP contribution is 2.26. The lowest BCUT2D eigenvalue weighted by Gasteiger charge is -2.45. The molecule has 0 radical (unpaired) electrons. The summed E-state index contributed by atoms with van der Waals surface area (Å²) in [6.45, 7) is 7.32. The summed E-state index contributed by atoms with van der Waals surface area (Å²) >= 11 is 0. The average Bonchev–Trinajstić information content (AvgIpc) is 2.48. The Morgan fingerprint density at radius 1 is 1.20 bits per heavy atom. The summed E-state index contributed by atoms with van der Waals surface area (Å²) < 4.78 is 5.47. The monoisotopic (exact) mass is 277 g/mol. The van der Waals surface area contributed by atoms with E-state index in [1.54, 1.807) is 7.11 Å². The van der Waals surface area contributed by atoms with E-state index in [1.807, 2.05) is 12.1 Å². The number of hydrogen-bond acceptors (Lipinski definition) is 4. The van der Waals surface area contributed by atoms with E-state index in [4.69, 9.17) is 10.5 Å². The molecule has 1 heterocycles. The molecule has 1 saturated heterocycles. The lowest BCUT2D eigenvalue weighted by molar-refractivity contribution is 0.0556. The van der Waals surface area contributed by atoms with Gasteiger partial charge in [-0.3, -0.25) is 4.90 Å². The minimum Gasteiger partial charge on any atom is -0.496 e. The zero-order chi connectivity index (χ0) is 14.6.